The Balaban J connectivity index is 1.30. The van der Waals surface area contributed by atoms with Gasteiger partial charge in [0.25, 0.3) is 11.8 Å². The number of anilines is 3. The molecule has 4 atom stereocenters. The second kappa shape index (κ2) is 15.1. The van der Waals surface area contributed by atoms with E-state index in [9.17, 15) is 19.8 Å². The van der Waals surface area contributed by atoms with Crippen molar-refractivity contribution >= 4 is 52.9 Å². The molecule has 0 saturated carbocycles. The monoisotopic (exact) mass is 825 g/mol. The summed E-state index contributed by atoms with van der Waals surface area (Å²) in [6.45, 7) is -0.579. The van der Waals surface area contributed by atoms with Crippen LogP contribution in [0.4, 0.5) is 31.0 Å². The summed E-state index contributed by atoms with van der Waals surface area (Å²) in [4.78, 5) is 97.3. The molecule has 3 aromatic rings. The van der Waals surface area contributed by atoms with Gasteiger partial charge in [0.05, 0.1) is 39.5 Å². The number of fused-ring (bicyclic) bond motifs is 6. The molecular weight excluding hydrogens is 781 g/mol. The minimum absolute atomic E-state index is 0.0503. The highest BCUT2D eigenvalue weighted by Crippen LogP contribution is 2.50. The number of carboxylic acid groups (broad SMARTS) is 2. The lowest BCUT2D eigenvalue weighted by Gasteiger charge is -2.58. The van der Waals surface area contributed by atoms with Gasteiger partial charge in [-0.2, -0.15) is 0 Å². The van der Waals surface area contributed by atoms with Crippen molar-refractivity contribution < 1.29 is 52.8 Å². The summed E-state index contributed by atoms with van der Waals surface area (Å²) in [5, 5.41) is 20.6. The van der Waals surface area contributed by atoms with E-state index in [2.05, 4.69) is 0 Å². The van der Waals surface area contributed by atoms with E-state index in [4.69, 9.17) is 9.47 Å². The minimum Gasteiger partial charge on any atom is -0.465 e. The molecule has 3 aromatic carbocycles. The molecule has 4 saturated heterocycles. The topological polar surface area (TPSA) is 184 Å². The van der Waals surface area contributed by atoms with Gasteiger partial charge in [-0.25, -0.2) is 14.0 Å². The Bertz CT molecular complexity index is 2090. The van der Waals surface area contributed by atoms with Crippen molar-refractivity contribution in [2.45, 2.75) is 62.2 Å². The first-order chi connectivity index (χ1) is 29.0. The van der Waals surface area contributed by atoms with Crippen molar-refractivity contribution in [1.29, 1.82) is 0 Å². The summed E-state index contributed by atoms with van der Waals surface area (Å²) < 4.78 is 26.4. The van der Waals surface area contributed by atoms with Crippen LogP contribution in [0.15, 0.2) is 72.8 Å². The number of halogens is 1. The third-order valence-corrected chi connectivity index (χ3v) is 12.7. The van der Waals surface area contributed by atoms with E-state index in [0.29, 0.717) is 11.4 Å². The molecule has 0 spiro atoms. The number of amides is 6. The number of carbonyl (C=O) groups excluding carboxylic acids is 4. The molecule has 0 aromatic heterocycles. The maximum absolute atomic E-state index is 16.1. The van der Waals surface area contributed by atoms with E-state index in [1.165, 1.54) is 48.8 Å². The van der Waals surface area contributed by atoms with Gasteiger partial charge in [0.1, 0.15) is 17.9 Å². The first kappa shape index (κ1) is 39.2. The second-order valence-electron chi connectivity index (χ2n) is 15.9. The minimum atomic E-state index is -2.16. The van der Waals surface area contributed by atoms with Crippen LogP contribution in [0.3, 0.4) is 0 Å². The quantitative estimate of drug-likeness (QED) is 0.357. The fraction of sp³-hybridized carbons (Fsp3) is 0.429. The van der Waals surface area contributed by atoms with Crippen molar-refractivity contribution in [2.75, 3.05) is 67.3 Å². The van der Waals surface area contributed by atoms with Gasteiger partial charge in [-0.1, -0.05) is 24.3 Å². The molecule has 8 aliphatic heterocycles. The van der Waals surface area contributed by atoms with Crippen LogP contribution in [-0.2, 0) is 41.7 Å². The SMILES string of the molecule is O=C(O)N1CCOC[C@H]1C(=O)N1CCC[C@]1(C(=O)N1Cc2ccc1cc2)N(c1ccc(F)cc1)[C@@]1(C(=O)N2Cc3ccc2cc3)CCCN1C(=O)[C@@H]1COCCN1C(=O)O. The smallest absolute Gasteiger partial charge is 0.408 e. The zero-order chi connectivity index (χ0) is 41.9. The molecular formula is C42H44FN7O10. The third-order valence-electron chi connectivity index (χ3n) is 12.7. The van der Waals surface area contributed by atoms with Crippen LogP contribution >= 0.6 is 0 Å². The zero-order valence-electron chi connectivity index (χ0n) is 32.7. The second-order valence-corrected chi connectivity index (χ2v) is 15.9. The Morgan fingerprint density at radius 1 is 0.600 bits per heavy atom. The number of hydrogen-bond donors (Lipinski definition) is 2. The lowest BCUT2D eigenvalue weighted by Crippen LogP contribution is -2.80. The lowest BCUT2D eigenvalue weighted by atomic mass is 9.89. The Morgan fingerprint density at radius 3 is 1.38 bits per heavy atom. The molecule has 11 rings (SSSR count). The van der Waals surface area contributed by atoms with Gasteiger partial charge in [-0.15, -0.1) is 0 Å². The Labute approximate surface area is 344 Å². The normalized spacial score (nSPS) is 25.8. The summed E-state index contributed by atoms with van der Waals surface area (Å²) in [7, 11) is 0. The van der Waals surface area contributed by atoms with Gasteiger partial charge in [0, 0.05) is 56.1 Å². The van der Waals surface area contributed by atoms with Crippen molar-refractivity contribution in [3.8, 4) is 0 Å². The van der Waals surface area contributed by atoms with Crippen LogP contribution in [-0.4, -0.2) is 142 Å². The van der Waals surface area contributed by atoms with Crippen molar-refractivity contribution in [1.82, 2.24) is 19.6 Å². The average molecular weight is 826 g/mol. The molecule has 8 heterocycles. The molecule has 314 valence electrons. The first-order valence-corrected chi connectivity index (χ1v) is 20.1. The molecule has 0 unspecified atom stereocenters. The number of ether oxygens (including phenoxy) is 2. The largest absolute Gasteiger partial charge is 0.465 e. The maximum atomic E-state index is 16.1. The molecule has 8 aliphatic rings. The van der Waals surface area contributed by atoms with Gasteiger partial charge in [-0.05, 0) is 72.5 Å². The van der Waals surface area contributed by atoms with E-state index in [-0.39, 0.29) is 97.1 Å². The predicted octanol–water partition coefficient (Wildman–Crippen LogP) is 3.12. The summed E-state index contributed by atoms with van der Waals surface area (Å²) in [5.74, 6) is -3.37. The number of hydrogen-bond acceptors (Lipinski definition) is 9. The zero-order valence-corrected chi connectivity index (χ0v) is 32.7. The first-order valence-electron chi connectivity index (χ1n) is 20.1. The fourth-order valence-corrected chi connectivity index (χ4v) is 9.97. The Kier molecular flexibility index (Phi) is 9.85. The Morgan fingerprint density at radius 2 is 1.02 bits per heavy atom. The number of benzene rings is 3. The van der Waals surface area contributed by atoms with Crippen LogP contribution in [0.5, 0.6) is 0 Å². The standard InChI is InChI=1S/C42H44FN7O10/c43-29-7-13-32(14-8-29)50(41(37(53)46-23-27-3-9-30(46)10-4-27)15-1-17-48(41)35(51)33-25-59-21-19-44(33)39(55)56)42(38(54)47-24-28-5-11-31(47)12-6-28)16-2-18-49(42)36(52)34-26-60-22-20-45(34)40(57)58/h3-14,33-34H,1-2,15-26H2,(H,55,56)(H,57,58)/t33-,34-,41+,42+/m0/s1. The number of nitrogens with zero attached hydrogens (tertiary/aromatic N) is 7. The number of rotatable bonds is 7. The van der Waals surface area contributed by atoms with Gasteiger partial charge in [0.2, 0.25) is 11.8 Å². The van der Waals surface area contributed by atoms with Crippen LogP contribution in [0, 0.1) is 5.82 Å². The van der Waals surface area contributed by atoms with E-state index in [1.54, 1.807) is 24.3 Å². The van der Waals surface area contributed by atoms with Gasteiger partial charge < -0.3 is 44.2 Å². The summed E-state index contributed by atoms with van der Waals surface area (Å²) >= 11 is 0. The van der Waals surface area contributed by atoms with E-state index >= 15 is 23.6 Å². The van der Waals surface area contributed by atoms with Crippen molar-refractivity contribution in [3.63, 3.8) is 0 Å². The third kappa shape index (κ3) is 6.10. The predicted molar refractivity (Wildman–Crippen MR) is 210 cm³/mol. The van der Waals surface area contributed by atoms with Crippen LogP contribution in [0.25, 0.3) is 0 Å². The lowest BCUT2D eigenvalue weighted by molar-refractivity contribution is -0.159. The fourth-order valence-electron chi connectivity index (χ4n) is 9.97. The molecule has 6 amide bonds. The molecule has 0 aliphatic carbocycles. The molecule has 4 fully saturated rings. The van der Waals surface area contributed by atoms with Crippen LogP contribution in [0.2, 0.25) is 0 Å². The van der Waals surface area contributed by atoms with E-state index in [1.807, 2.05) is 24.3 Å². The summed E-state index contributed by atoms with van der Waals surface area (Å²) in [6, 6.07) is 16.9. The number of likely N-dealkylation sites (tertiary alicyclic amines) is 2. The highest BCUT2D eigenvalue weighted by Gasteiger charge is 2.68. The van der Waals surface area contributed by atoms with E-state index in [0.717, 1.165) is 20.9 Å². The maximum Gasteiger partial charge on any atom is 0.408 e. The van der Waals surface area contributed by atoms with Crippen molar-refractivity contribution in [3.05, 3.63) is 89.7 Å². The molecule has 4 bridgehead atoms. The van der Waals surface area contributed by atoms with Crippen LogP contribution in [0.1, 0.15) is 36.8 Å². The molecule has 60 heavy (non-hydrogen) atoms. The average Bonchev–Trinajstić information content (AvgIpc) is 3.93. The summed E-state index contributed by atoms with van der Waals surface area (Å²) in [5.41, 5.74) is -1.59. The number of carbonyl (C=O) groups is 6. The number of morpholine rings is 2. The van der Waals surface area contributed by atoms with Gasteiger partial charge >= 0.3 is 12.2 Å². The molecule has 18 heteroatoms. The summed E-state index contributed by atoms with van der Waals surface area (Å²) in [6.07, 6.45) is -2.44. The molecule has 0 radical (unpaired) electrons. The van der Waals surface area contributed by atoms with Crippen molar-refractivity contribution in [2.24, 2.45) is 0 Å². The van der Waals surface area contributed by atoms with E-state index < -0.39 is 65.0 Å². The van der Waals surface area contributed by atoms with Gasteiger partial charge in [-0.3, -0.25) is 29.0 Å². The molecule has 2 N–H and O–H groups in total. The molecule has 17 nitrogen and oxygen atoms in total. The van der Waals surface area contributed by atoms with Gasteiger partial charge in [0.15, 0.2) is 11.3 Å². The Hall–Kier alpha value is -6.27. The highest BCUT2D eigenvalue weighted by molar-refractivity contribution is 6.11. The highest BCUT2D eigenvalue weighted by atomic mass is 19.1. The van der Waals surface area contributed by atoms with Crippen LogP contribution < -0.4 is 14.7 Å².